The van der Waals surface area contributed by atoms with Crippen LogP contribution in [0.4, 0.5) is 16.2 Å². The Morgan fingerprint density at radius 2 is 2.05 bits per heavy atom. The van der Waals surface area contributed by atoms with Crippen LogP contribution in [-0.4, -0.2) is 18.2 Å². The second-order valence-electron chi connectivity index (χ2n) is 6.62. The maximum Gasteiger partial charge on any atom is 0.414 e. The normalized spacial score (nSPS) is 19.4. The molecule has 1 saturated carbocycles. The fraction of sp³-hybridized carbons (Fsp3) is 0.533. The molecule has 1 amide bonds. The Kier molecular flexibility index (Phi) is 2.37. The van der Waals surface area contributed by atoms with E-state index in [9.17, 15) is 4.79 Å². The molecule has 1 spiro atoms. The molecular formula is C15H20N2O2. The van der Waals surface area contributed by atoms with E-state index in [2.05, 4.69) is 6.07 Å². The maximum atomic E-state index is 12.3. The molecule has 1 aromatic rings. The molecule has 1 aliphatic heterocycles. The van der Waals surface area contributed by atoms with Crippen molar-refractivity contribution in [3.63, 3.8) is 0 Å². The number of fused-ring (bicyclic) bond motifs is 2. The summed E-state index contributed by atoms with van der Waals surface area (Å²) in [7, 11) is 0. The number of carbonyl (C=O) groups excluding carboxylic acids is 1. The molecule has 0 unspecified atom stereocenters. The minimum Gasteiger partial charge on any atom is -0.443 e. The average Bonchev–Trinajstić information content (AvgIpc) is 2.96. The molecule has 1 fully saturated rings. The lowest BCUT2D eigenvalue weighted by atomic mass is 9.98. The number of rotatable bonds is 0. The van der Waals surface area contributed by atoms with E-state index in [1.165, 1.54) is 5.56 Å². The Balaban J connectivity index is 1.94. The van der Waals surface area contributed by atoms with E-state index in [-0.39, 0.29) is 11.5 Å². The molecule has 102 valence electrons. The Morgan fingerprint density at radius 1 is 1.37 bits per heavy atom. The van der Waals surface area contributed by atoms with Gasteiger partial charge in [0.25, 0.3) is 0 Å². The Labute approximate surface area is 113 Å². The van der Waals surface area contributed by atoms with Gasteiger partial charge in [-0.25, -0.2) is 4.79 Å². The molecule has 0 bridgehead atoms. The number of anilines is 2. The van der Waals surface area contributed by atoms with Gasteiger partial charge >= 0.3 is 6.09 Å². The first-order valence-corrected chi connectivity index (χ1v) is 6.71. The van der Waals surface area contributed by atoms with Gasteiger partial charge in [0.05, 0.1) is 5.69 Å². The lowest BCUT2D eigenvalue weighted by Crippen LogP contribution is -2.37. The van der Waals surface area contributed by atoms with Crippen molar-refractivity contribution in [1.29, 1.82) is 0 Å². The molecule has 2 N–H and O–H groups in total. The quantitative estimate of drug-likeness (QED) is 0.729. The van der Waals surface area contributed by atoms with Gasteiger partial charge in [0.15, 0.2) is 0 Å². The lowest BCUT2D eigenvalue weighted by Gasteiger charge is -2.25. The second kappa shape index (κ2) is 3.65. The van der Waals surface area contributed by atoms with Crippen molar-refractivity contribution >= 4 is 17.5 Å². The van der Waals surface area contributed by atoms with Gasteiger partial charge in [-0.05, 0) is 51.3 Å². The Bertz CT molecular complexity index is 542. The zero-order chi connectivity index (χ0) is 13.8. The summed E-state index contributed by atoms with van der Waals surface area (Å²) in [6.07, 6.45) is 2.01. The fourth-order valence-electron chi connectivity index (χ4n) is 2.75. The molecule has 0 saturated heterocycles. The van der Waals surface area contributed by atoms with Gasteiger partial charge in [0.2, 0.25) is 0 Å². The van der Waals surface area contributed by atoms with Crippen LogP contribution in [0.5, 0.6) is 0 Å². The molecule has 1 aromatic carbocycles. The summed E-state index contributed by atoms with van der Waals surface area (Å²) in [6, 6.07) is 5.85. The zero-order valence-corrected chi connectivity index (χ0v) is 11.7. The van der Waals surface area contributed by atoms with Crippen LogP contribution < -0.4 is 10.6 Å². The van der Waals surface area contributed by atoms with Crippen LogP contribution in [0.2, 0.25) is 0 Å². The smallest absolute Gasteiger partial charge is 0.414 e. The molecule has 0 aromatic heterocycles. The lowest BCUT2D eigenvalue weighted by molar-refractivity contribution is 0.0581. The van der Waals surface area contributed by atoms with Crippen molar-refractivity contribution in [1.82, 2.24) is 0 Å². The van der Waals surface area contributed by atoms with Crippen LogP contribution in [0.25, 0.3) is 0 Å². The standard InChI is InChI=1S/C15H20N2O2/c1-14(2,3)19-13(18)17-9-15(6-7-15)11-5-4-10(16)8-12(11)17/h4-5,8H,6-7,9,16H2,1-3H3. The van der Waals surface area contributed by atoms with Crippen molar-refractivity contribution in [2.75, 3.05) is 17.2 Å². The Hall–Kier alpha value is -1.71. The zero-order valence-electron chi connectivity index (χ0n) is 11.7. The molecular weight excluding hydrogens is 240 g/mol. The first-order chi connectivity index (χ1) is 8.81. The van der Waals surface area contributed by atoms with Gasteiger partial charge in [0, 0.05) is 17.6 Å². The number of nitrogen functional groups attached to an aromatic ring is 1. The van der Waals surface area contributed by atoms with Crippen molar-refractivity contribution < 1.29 is 9.53 Å². The molecule has 4 nitrogen and oxygen atoms in total. The number of amides is 1. The van der Waals surface area contributed by atoms with E-state index < -0.39 is 5.60 Å². The van der Waals surface area contributed by atoms with Crippen molar-refractivity contribution in [3.8, 4) is 0 Å². The van der Waals surface area contributed by atoms with E-state index >= 15 is 0 Å². The maximum absolute atomic E-state index is 12.3. The number of nitrogens with two attached hydrogens (primary N) is 1. The van der Waals surface area contributed by atoms with E-state index in [0.717, 1.165) is 25.1 Å². The highest BCUT2D eigenvalue weighted by Gasteiger charge is 2.53. The number of nitrogens with zero attached hydrogens (tertiary/aromatic N) is 1. The van der Waals surface area contributed by atoms with Crippen LogP contribution in [0.1, 0.15) is 39.2 Å². The predicted molar refractivity (Wildman–Crippen MR) is 75.3 cm³/mol. The molecule has 1 heterocycles. The monoisotopic (exact) mass is 260 g/mol. The number of hydrogen-bond donors (Lipinski definition) is 1. The highest BCUT2D eigenvalue weighted by atomic mass is 16.6. The van der Waals surface area contributed by atoms with E-state index in [1.54, 1.807) is 4.90 Å². The number of hydrogen-bond acceptors (Lipinski definition) is 3. The van der Waals surface area contributed by atoms with Crippen LogP contribution in [-0.2, 0) is 10.2 Å². The van der Waals surface area contributed by atoms with Gasteiger partial charge in [-0.15, -0.1) is 0 Å². The number of benzene rings is 1. The average molecular weight is 260 g/mol. The summed E-state index contributed by atoms with van der Waals surface area (Å²) < 4.78 is 5.49. The van der Waals surface area contributed by atoms with E-state index in [1.807, 2.05) is 32.9 Å². The first-order valence-electron chi connectivity index (χ1n) is 6.71. The van der Waals surface area contributed by atoms with Gasteiger partial charge in [-0.3, -0.25) is 4.90 Å². The minimum atomic E-state index is -0.475. The molecule has 4 heteroatoms. The van der Waals surface area contributed by atoms with Gasteiger partial charge in [0.1, 0.15) is 5.60 Å². The second-order valence-corrected chi connectivity index (χ2v) is 6.62. The molecule has 0 radical (unpaired) electrons. The van der Waals surface area contributed by atoms with E-state index in [4.69, 9.17) is 10.5 Å². The highest BCUT2D eigenvalue weighted by Crippen LogP contribution is 2.56. The Morgan fingerprint density at radius 3 is 2.63 bits per heavy atom. The minimum absolute atomic E-state index is 0.167. The third kappa shape index (κ3) is 2.05. The van der Waals surface area contributed by atoms with Crippen molar-refractivity contribution in [3.05, 3.63) is 23.8 Å². The molecule has 3 rings (SSSR count). The highest BCUT2D eigenvalue weighted by molar-refractivity contribution is 5.93. The number of ether oxygens (including phenoxy) is 1. The van der Waals surface area contributed by atoms with Gasteiger partial charge in [-0.2, -0.15) is 0 Å². The third-order valence-corrected chi connectivity index (χ3v) is 3.81. The topological polar surface area (TPSA) is 55.6 Å². The van der Waals surface area contributed by atoms with E-state index in [0.29, 0.717) is 5.69 Å². The summed E-state index contributed by atoms with van der Waals surface area (Å²) in [5.41, 5.74) is 8.39. The summed E-state index contributed by atoms with van der Waals surface area (Å²) in [5.74, 6) is 0. The largest absolute Gasteiger partial charge is 0.443 e. The SMILES string of the molecule is CC(C)(C)OC(=O)N1CC2(CC2)c2ccc(N)cc21. The molecule has 2 aliphatic rings. The molecule has 0 atom stereocenters. The van der Waals surface area contributed by atoms with Crippen molar-refractivity contribution in [2.45, 2.75) is 44.6 Å². The number of carbonyl (C=O) groups is 1. The molecule has 19 heavy (non-hydrogen) atoms. The van der Waals surface area contributed by atoms with Gasteiger partial charge in [-0.1, -0.05) is 6.07 Å². The molecule has 1 aliphatic carbocycles. The fourth-order valence-corrected chi connectivity index (χ4v) is 2.75. The predicted octanol–water partition coefficient (Wildman–Crippen LogP) is 3.06. The first kappa shape index (κ1) is 12.3. The third-order valence-electron chi connectivity index (χ3n) is 3.81. The van der Waals surface area contributed by atoms with Crippen LogP contribution in [0, 0.1) is 0 Å². The van der Waals surface area contributed by atoms with Crippen molar-refractivity contribution in [2.24, 2.45) is 0 Å². The summed E-state index contributed by atoms with van der Waals surface area (Å²) in [5, 5.41) is 0. The van der Waals surface area contributed by atoms with Crippen LogP contribution in [0.3, 0.4) is 0 Å². The summed E-state index contributed by atoms with van der Waals surface area (Å²) in [4.78, 5) is 14.1. The van der Waals surface area contributed by atoms with Crippen LogP contribution in [0.15, 0.2) is 18.2 Å². The summed E-state index contributed by atoms with van der Waals surface area (Å²) in [6.45, 7) is 6.37. The summed E-state index contributed by atoms with van der Waals surface area (Å²) >= 11 is 0. The van der Waals surface area contributed by atoms with Gasteiger partial charge < -0.3 is 10.5 Å². The van der Waals surface area contributed by atoms with Crippen LogP contribution >= 0.6 is 0 Å².